The van der Waals surface area contributed by atoms with Gasteiger partial charge in [0.15, 0.2) is 0 Å². The minimum absolute atomic E-state index is 0.494. The van der Waals surface area contributed by atoms with Crippen LogP contribution in [0.25, 0.3) is 10.8 Å². The molecule has 0 fully saturated rings. The molecule has 1 atom stereocenters. The summed E-state index contributed by atoms with van der Waals surface area (Å²) in [5.41, 5.74) is 2.01. The summed E-state index contributed by atoms with van der Waals surface area (Å²) in [5.74, 6) is 0.923. The van der Waals surface area contributed by atoms with E-state index in [1.54, 1.807) is 7.11 Å². The van der Waals surface area contributed by atoms with Crippen molar-refractivity contribution < 1.29 is 9.84 Å². The van der Waals surface area contributed by atoms with Crippen molar-refractivity contribution in [2.45, 2.75) is 12.6 Å². The molecule has 1 heterocycles. The third-order valence-corrected chi connectivity index (χ3v) is 4.66. The number of hydrogen-bond donors (Lipinski definition) is 2. The number of pyridine rings is 1. The molecule has 0 aliphatic rings. The molecule has 2 aromatic carbocycles. The van der Waals surface area contributed by atoms with Crippen LogP contribution in [-0.4, -0.2) is 43.9 Å². The van der Waals surface area contributed by atoms with E-state index in [1.165, 1.54) is 5.39 Å². The van der Waals surface area contributed by atoms with Gasteiger partial charge in [-0.25, -0.2) is 4.98 Å². The Morgan fingerprint density at radius 1 is 1.11 bits per heavy atom. The maximum Gasteiger partial charge on any atom is 0.128 e. The lowest BCUT2D eigenvalue weighted by Crippen LogP contribution is -2.23. The van der Waals surface area contributed by atoms with Gasteiger partial charge in [0.2, 0.25) is 0 Å². The first-order valence-corrected chi connectivity index (χ1v) is 9.20. The summed E-state index contributed by atoms with van der Waals surface area (Å²) >= 11 is 0. The first-order valence-electron chi connectivity index (χ1n) is 9.20. The molecule has 0 amide bonds. The predicted octanol–water partition coefficient (Wildman–Crippen LogP) is 3.14. The maximum absolute atomic E-state index is 10.5. The zero-order valence-electron chi connectivity index (χ0n) is 15.9. The topological polar surface area (TPSA) is 57.6 Å². The predicted molar refractivity (Wildman–Crippen MR) is 110 cm³/mol. The zero-order chi connectivity index (χ0) is 19.1. The monoisotopic (exact) mass is 365 g/mol. The van der Waals surface area contributed by atoms with Crippen molar-refractivity contribution in [1.29, 1.82) is 0 Å². The molecular weight excluding hydrogens is 338 g/mol. The van der Waals surface area contributed by atoms with Crippen LogP contribution in [0.3, 0.4) is 0 Å². The number of rotatable bonds is 9. The van der Waals surface area contributed by atoms with Gasteiger partial charge in [0, 0.05) is 40.0 Å². The van der Waals surface area contributed by atoms with Gasteiger partial charge in [0.05, 0.1) is 12.7 Å². The average Bonchev–Trinajstić information content (AvgIpc) is 2.72. The Hall–Kier alpha value is -2.47. The van der Waals surface area contributed by atoms with Crippen LogP contribution < -0.4 is 10.2 Å². The molecule has 0 aliphatic heterocycles. The average molecular weight is 365 g/mol. The van der Waals surface area contributed by atoms with Gasteiger partial charge in [0.25, 0.3) is 0 Å². The summed E-state index contributed by atoms with van der Waals surface area (Å²) in [6.45, 7) is 2.64. The second-order valence-corrected chi connectivity index (χ2v) is 6.69. The quantitative estimate of drug-likeness (QED) is 0.610. The highest BCUT2D eigenvalue weighted by Crippen LogP contribution is 2.20. The Kier molecular flexibility index (Phi) is 6.76. The van der Waals surface area contributed by atoms with Crippen molar-refractivity contribution >= 4 is 16.6 Å². The van der Waals surface area contributed by atoms with Gasteiger partial charge in [-0.2, -0.15) is 0 Å². The van der Waals surface area contributed by atoms with Crippen LogP contribution in [-0.2, 0) is 11.3 Å². The van der Waals surface area contributed by atoms with Gasteiger partial charge in [0.1, 0.15) is 5.82 Å². The van der Waals surface area contributed by atoms with Crippen LogP contribution >= 0.6 is 0 Å². The van der Waals surface area contributed by atoms with Gasteiger partial charge >= 0.3 is 0 Å². The van der Waals surface area contributed by atoms with E-state index >= 15 is 0 Å². The molecule has 0 saturated heterocycles. The second kappa shape index (κ2) is 9.46. The molecule has 0 radical (unpaired) electrons. The second-order valence-electron chi connectivity index (χ2n) is 6.69. The fourth-order valence-electron chi connectivity index (χ4n) is 2.98. The fourth-order valence-corrected chi connectivity index (χ4v) is 2.98. The standard InChI is InChI=1S/C22H27N3O2/c1-25(11-12-27-2)22-10-7-17(15-24-22)14-23-16-21(26)20-9-8-18-5-3-4-6-19(18)13-20/h3-10,13,15,21,23,26H,11-12,14,16H2,1-2H3. The van der Waals surface area contributed by atoms with E-state index in [-0.39, 0.29) is 0 Å². The number of fused-ring (bicyclic) bond motifs is 1. The molecule has 1 aromatic heterocycles. The summed E-state index contributed by atoms with van der Waals surface area (Å²) in [4.78, 5) is 6.55. The Balaban J connectivity index is 1.51. The molecule has 27 heavy (non-hydrogen) atoms. The lowest BCUT2D eigenvalue weighted by Gasteiger charge is -2.18. The number of aliphatic hydroxyl groups is 1. The molecule has 3 aromatic rings. The molecule has 0 saturated carbocycles. The molecule has 0 bridgehead atoms. The van der Waals surface area contributed by atoms with E-state index in [1.807, 2.05) is 43.6 Å². The molecule has 5 nitrogen and oxygen atoms in total. The number of aliphatic hydroxyl groups excluding tert-OH is 1. The Labute approximate surface area is 160 Å². The Bertz CT molecular complexity index is 852. The van der Waals surface area contributed by atoms with Gasteiger partial charge in [-0.05, 0) is 34.0 Å². The number of aromatic nitrogens is 1. The molecule has 2 N–H and O–H groups in total. The highest BCUT2D eigenvalue weighted by Gasteiger charge is 2.08. The fraction of sp³-hybridized carbons (Fsp3) is 0.318. The minimum atomic E-state index is -0.540. The Morgan fingerprint density at radius 2 is 1.93 bits per heavy atom. The molecule has 3 rings (SSSR count). The number of nitrogens with one attached hydrogen (secondary N) is 1. The van der Waals surface area contributed by atoms with Crippen molar-refractivity contribution in [2.75, 3.05) is 38.8 Å². The molecule has 142 valence electrons. The van der Waals surface area contributed by atoms with E-state index in [0.717, 1.165) is 28.9 Å². The van der Waals surface area contributed by atoms with Crippen LogP contribution in [0, 0.1) is 0 Å². The van der Waals surface area contributed by atoms with E-state index in [9.17, 15) is 5.11 Å². The largest absolute Gasteiger partial charge is 0.387 e. The van der Waals surface area contributed by atoms with Crippen LogP contribution in [0.5, 0.6) is 0 Å². The summed E-state index contributed by atoms with van der Waals surface area (Å²) in [6, 6.07) is 18.3. The number of anilines is 1. The van der Waals surface area contributed by atoms with Crippen molar-refractivity contribution in [1.82, 2.24) is 10.3 Å². The van der Waals surface area contributed by atoms with Crippen LogP contribution in [0.15, 0.2) is 60.8 Å². The van der Waals surface area contributed by atoms with E-state index in [2.05, 4.69) is 39.5 Å². The van der Waals surface area contributed by atoms with Crippen LogP contribution in [0.2, 0.25) is 0 Å². The molecule has 5 heteroatoms. The van der Waals surface area contributed by atoms with E-state index in [0.29, 0.717) is 19.7 Å². The van der Waals surface area contributed by atoms with Gasteiger partial charge in [-0.15, -0.1) is 0 Å². The third kappa shape index (κ3) is 5.26. The van der Waals surface area contributed by atoms with Gasteiger partial charge in [-0.3, -0.25) is 0 Å². The molecular formula is C22H27N3O2. The maximum atomic E-state index is 10.5. The number of benzene rings is 2. The summed E-state index contributed by atoms with van der Waals surface area (Å²) in [5, 5.41) is 16.1. The van der Waals surface area contributed by atoms with Gasteiger partial charge < -0.3 is 20.1 Å². The minimum Gasteiger partial charge on any atom is -0.387 e. The number of nitrogens with zero attached hydrogens (tertiary/aromatic N) is 2. The van der Waals surface area contributed by atoms with Crippen molar-refractivity contribution in [3.8, 4) is 0 Å². The lowest BCUT2D eigenvalue weighted by molar-refractivity contribution is 0.174. The van der Waals surface area contributed by atoms with Gasteiger partial charge in [-0.1, -0.05) is 42.5 Å². The van der Waals surface area contributed by atoms with Crippen LogP contribution in [0.1, 0.15) is 17.2 Å². The smallest absolute Gasteiger partial charge is 0.128 e. The van der Waals surface area contributed by atoms with Crippen molar-refractivity contribution in [3.05, 3.63) is 71.9 Å². The Morgan fingerprint density at radius 3 is 2.67 bits per heavy atom. The summed E-state index contributed by atoms with van der Waals surface area (Å²) in [7, 11) is 3.70. The number of likely N-dealkylation sites (N-methyl/N-ethyl adjacent to an activating group) is 1. The summed E-state index contributed by atoms with van der Waals surface area (Å²) < 4.78 is 5.09. The van der Waals surface area contributed by atoms with Crippen LogP contribution in [0.4, 0.5) is 5.82 Å². The first-order chi connectivity index (χ1) is 13.2. The van der Waals surface area contributed by atoms with E-state index in [4.69, 9.17) is 4.74 Å². The van der Waals surface area contributed by atoms with Crippen molar-refractivity contribution in [2.24, 2.45) is 0 Å². The third-order valence-electron chi connectivity index (χ3n) is 4.66. The van der Waals surface area contributed by atoms with Crippen molar-refractivity contribution in [3.63, 3.8) is 0 Å². The highest BCUT2D eigenvalue weighted by atomic mass is 16.5. The number of methoxy groups -OCH3 is 1. The molecule has 0 spiro atoms. The molecule has 1 unspecified atom stereocenters. The normalized spacial score (nSPS) is 12.3. The number of hydrogen-bond acceptors (Lipinski definition) is 5. The lowest BCUT2D eigenvalue weighted by atomic mass is 10.0. The zero-order valence-corrected chi connectivity index (χ0v) is 15.9. The first kappa shape index (κ1) is 19.3. The summed E-state index contributed by atoms with van der Waals surface area (Å²) in [6.07, 6.45) is 1.33. The molecule has 0 aliphatic carbocycles. The number of ether oxygens (including phenoxy) is 1. The SMILES string of the molecule is COCCN(C)c1ccc(CNCC(O)c2ccc3ccccc3c2)cn1. The van der Waals surface area contributed by atoms with E-state index < -0.39 is 6.10 Å². The highest BCUT2D eigenvalue weighted by molar-refractivity contribution is 5.83.